The number of aromatic nitrogens is 1. The van der Waals surface area contributed by atoms with Crippen LogP contribution in [-0.4, -0.2) is 48.7 Å². The van der Waals surface area contributed by atoms with Crippen molar-refractivity contribution in [2.75, 3.05) is 32.7 Å². The Morgan fingerprint density at radius 2 is 2.18 bits per heavy atom. The van der Waals surface area contributed by atoms with E-state index in [4.69, 9.17) is 4.74 Å². The second-order valence-corrected chi connectivity index (χ2v) is 7.00. The van der Waals surface area contributed by atoms with Crippen LogP contribution in [0.25, 0.3) is 0 Å². The summed E-state index contributed by atoms with van der Waals surface area (Å²) in [6, 6.07) is 4.03. The minimum absolute atomic E-state index is 0. The Bertz CT molecular complexity index is 469. The molecule has 3 heterocycles. The summed E-state index contributed by atoms with van der Waals surface area (Å²) in [6.45, 7) is 10.3. The minimum Gasteiger partial charge on any atom is -0.474 e. The number of piperidine rings is 1. The fourth-order valence-corrected chi connectivity index (χ4v) is 3.47. The van der Waals surface area contributed by atoms with E-state index in [1.165, 1.54) is 25.1 Å². The average molecular weight is 326 g/mol. The second-order valence-electron chi connectivity index (χ2n) is 7.00. The molecule has 3 rings (SSSR count). The van der Waals surface area contributed by atoms with E-state index in [0.717, 1.165) is 38.4 Å². The van der Waals surface area contributed by atoms with Crippen molar-refractivity contribution < 1.29 is 4.74 Å². The van der Waals surface area contributed by atoms with Crippen LogP contribution in [-0.2, 0) is 0 Å². The molecule has 1 atom stereocenters. The number of rotatable bonds is 4. The van der Waals surface area contributed by atoms with Gasteiger partial charge >= 0.3 is 0 Å². The lowest BCUT2D eigenvalue weighted by molar-refractivity contribution is 0.0749. The molecule has 0 bridgehead atoms. The van der Waals surface area contributed by atoms with Crippen LogP contribution in [0.2, 0.25) is 0 Å². The molecule has 2 aliphatic rings. The van der Waals surface area contributed by atoms with E-state index < -0.39 is 0 Å². The van der Waals surface area contributed by atoms with Gasteiger partial charge in [0.15, 0.2) is 0 Å². The quantitative estimate of drug-likeness (QED) is 0.923. The molecule has 1 aromatic rings. The fraction of sp³-hybridized carbons (Fsp3) is 0.706. The maximum Gasteiger partial charge on any atom is 0.213 e. The van der Waals surface area contributed by atoms with Crippen molar-refractivity contribution in [1.82, 2.24) is 15.2 Å². The van der Waals surface area contributed by atoms with E-state index in [9.17, 15) is 0 Å². The Kier molecular flexibility index (Phi) is 6.07. The summed E-state index contributed by atoms with van der Waals surface area (Å²) in [5, 5.41) is 3.49. The van der Waals surface area contributed by atoms with Gasteiger partial charge in [-0.05, 0) is 49.8 Å². The topological polar surface area (TPSA) is 37.4 Å². The molecule has 2 aliphatic heterocycles. The van der Waals surface area contributed by atoms with Gasteiger partial charge in [-0.25, -0.2) is 4.98 Å². The van der Waals surface area contributed by atoms with Crippen LogP contribution < -0.4 is 10.1 Å². The Hall–Kier alpha value is -0.840. The standard InChI is InChI=1S/C17H27N3O.ClH/c1-14-3-7-19-16(11-14)21-15-4-9-20(10-5-15)13-17(2)6-8-18-12-17;/h3,7,11,15,18H,4-6,8-10,12-13H2,1-2H3;1H. The predicted molar refractivity (Wildman–Crippen MR) is 91.9 cm³/mol. The van der Waals surface area contributed by atoms with Gasteiger partial charge in [-0.1, -0.05) is 6.92 Å². The summed E-state index contributed by atoms with van der Waals surface area (Å²) in [5.41, 5.74) is 1.67. The Morgan fingerprint density at radius 1 is 1.41 bits per heavy atom. The van der Waals surface area contributed by atoms with Crippen LogP contribution in [0.3, 0.4) is 0 Å². The Balaban J connectivity index is 0.00000176. The van der Waals surface area contributed by atoms with Crippen molar-refractivity contribution >= 4 is 12.4 Å². The van der Waals surface area contributed by atoms with Crippen molar-refractivity contribution in [2.45, 2.75) is 39.2 Å². The highest BCUT2D eigenvalue weighted by Gasteiger charge is 2.32. The molecule has 2 saturated heterocycles. The zero-order chi connectivity index (χ0) is 14.7. The second kappa shape index (κ2) is 7.62. The first-order chi connectivity index (χ1) is 10.1. The van der Waals surface area contributed by atoms with Gasteiger partial charge < -0.3 is 15.0 Å². The van der Waals surface area contributed by atoms with Crippen molar-refractivity contribution in [3.8, 4) is 5.88 Å². The smallest absolute Gasteiger partial charge is 0.213 e. The van der Waals surface area contributed by atoms with E-state index in [2.05, 4.69) is 29.0 Å². The molecule has 1 aromatic heterocycles. The molecule has 0 amide bonds. The van der Waals surface area contributed by atoms with Gasteiger partial charge in [0.25, 0.3) is 0 Å². The lowest BCUT2D eigenvalue weighted by Crippen LogP contribution is -2.44. The number of aryl methyl sites for hydroxylation is 1. The van der Waals surface area contributed by atoms with E-state index in [1.807, 2.05) is 18.3 Å². The molecule has 0 radical (unpaired) electrons. The third-order valence-corrected chi connectivity index (χ3v) is 4.77. The number of pyridine rings is 1. The first-order valence-electron chi connectivity index (χ1n) is 8.15. The molecule has 4 nitrogen and oxygen atoms in total. The number of likely N-dealkylation sites (tertiary alicyclic amines) is 1. The third kappa shape index (κ3) is 4.58. The minimum atomic E-state index is 0. The molecule has 0 aliphatic carbocycles. The van der Waals surface area contributed by atoms with Crippen molar-refractivity contribution in [2.24, 2.45) is 5.41 Å². The SMILES string of the molecule is Cc1ccnc(OC2CCN(CC3(C)CCNC3)CC2)c1.Cl. The van der Waals surface area contributed by atoms with Gasteiger partial charge in [0, 0.05) is 38.4 Å². The van der Waals surface area contributed by atoms with Crippen molar-refractivity contribution in [1.29, 1.82) is 0 Å². The number of nitrogens with zero attached hydrogens (tertiary/aromatic N) is 2. The predicted octanol–water partition coefficient (Wildman–Crippen LogP) is 2.65. The first kappa shape index (κ1) is 17.5. The third-order valence-electron chi connectivity index (χ3n) is 4.77. The van der Waals surface area contributed by atoms with Crippen LogP contribution in [0.5, 0.6) is 5.88 Å². The summed E-state index contributed by atoms with van der Waals surface area (Å²) in [6.07, 6.45) is 5.67. The average Bonchev–Trinajstić information content (AvgIpc) is 2.88. The fourth-order valence-electron chi connectivity index (χ4n) is 3.47. The summed E-state index contributed by atoms with van der Waals surface area (Å²) in [7, 11) is 0. The number of nitrogens with one attached hydrogen (secondary N) is 1. The maximum atomic E-state index is 6.03. The van der Waals surface area contributed by atoms with Crippen LogP contribution in [0.1, 0.15) is 31.7 Å². The molecule has 2 fully saturated rings. The zero-order valence-corrected chi connectivity index (χ0v) is 14.5. The van der Waals surface area contributed by atoms with Crippen LogP contribution in [0.4, 0.5) is 0 Å². The van der Waals surface area contributed by atoms with Crippen molar-refractivity contribution in [3.05, 3.63) is 23.9 Å². The van der Waals surface area contributed by atoms with E-state index in [0.29, 0.717) is 11.5 Å². The largest absolute Gasteiger partial charge is 0.474 e. The molecule has 124 valence electrons. The van der Waals surface area contributed by atoms with Gasteiger partial charge in [0.2, 0.25) is 5.88 Å². The van der Waals surface area contributed by atoms with E-state index in [-0.39, 0.29) is 12.4 Å². The summed E-state index contributed by atoms with van der Waals surface area (Å²) >= 11 is 0. The van der Waals surface area contributed by atoms with E-state index in [1.54, 1.807) is 0 Å². The molecular weight excluding hydrogens is 298 g/mol. The summed E-state index contributed by atoms with van der Waals surface area (Å²) < 4.78 is 6.03. The van der Waals surface area contributed by atoms with Gasteiger partial charge in [-0.3, -0.25) is 0 Å². The molecule has 1 unspecified atom stereocenters. The molecule has 0 aromatic carbocycles. The summed E-state index contributed by atoms with van der Waals surface area (Å²) in [5.74, 6) is 0.778. The number of ether oxygens (including phenoxy) is 1. The lowest BCUT2D eigenvalue weighted by Gasteiger charge is -2.36. The van der Waals surface area contributed by atoms with E-state index >= 15 is 0 Å². The highest BCUT2D eigenvalue weighted by Crippen LogP contribution is 2.27. The molecular formula is C17H28ClN3O. The molecule has 5 heteroatoms. The monoisotopic (exact) mass is 325 g/mol. The maximum absolute atomic E-state index is 6.03. The highest BCUT2D eigenvalue weighted by molar-refractivity contribution is 5.85. The number of hydrogen-bond donors (Lipinski definition) is 1. The Morgan fingerprint density at radius 3 is 2.82 bits per heavy atom. The van der Waals surface area contributed by atoms with Crippen molar-refractivity contribution in [3.63, 3.8) is 0 Å². The lowest BCUT2D eigenvalue weighted by atomic mass is 9.88. The van der Waals surface area contributed by atoms with Gasteiger partial charge in [0.05, 0.1) is 0 Å². The van der Waals surface area contributed by atoms with Crippen LogP contribution >= 0.6 is 12.4 Å². The molecule has 1 N–H and O–H groups in total. The van der Waals surface area contributed by atoms with Gasteiger partial charge in [-0.15, -0.1) is 12.4 Å². The zero-order valence-electron chi connectivity index (χ0n) is 13.7. The Labute approximate surface area is 140 Å². The first-order valence-corrected chi connectivity index (χ1v) is 8.15. The number of halogens is 1. The molecule has 0 spiro atoms. The highest BCUT2D eigenvalue weighted by atomic mass is 35.5. The van der Waals surface area contributed by atoms with Crippen LogP contribution in [0, 0.1) is 12.3 Å². The molecule has 0 saturated carbocycles. The summed E-state index contributed by atoms with van der Waals surface area (Å²) in [4.78, 5) is 6.91. The van der Waals surface area contributed by atoms with Gasteiger partial charge in [-0.2, -0.15) is 0 Å². The normalized spacial score (nSPS) is 26.6. The molecule has 22 heavy (non-hydrogen) atoms. The van der Waals surface area contributed by atoms with Gasteiger partial charge in [0.1, 0.15) is 6.10 Å². The van der Waals surface area contributed by atoms with Crippen LogP contribution in [0.15, 0.2) is 18.3 Å². The number of hydrogen-bond acceptors (Lipinski definition) is 4.